The fourth-order valence-electron chi connectivity index (χ4n) is 5.14. The number of rotatable bonds is 10. The van der Waals surface area contributed by atoms with Crippen molar-refractivity contribution in [1.82, 2.24) is 0 Å². The molecule has 1 aliphatic rings. The van der Waals surface area contributed by atoms with Gasteiger partial charge in [-0.25, -0.2) is 0 Å². The summed E-state index contributed by atoms with van der Waals surface area (Å²) in [5.41, 5.74) is 4.51. The highest BCUT2D eigenvalue weighted by atomic mass is 31.2. The van der Waals surface area contributed by atoms with Gasteiger partial charge in [-0.05, 0) is 84.0 Å². The lowest BCUT2D eigenvalue weighted by molar-refractivity contribution is 0.0985. The van der Waals surface area contributed by atoms with Crippen LogP contribution in [0.3, 0.4) is 0 Å². The normalized spacial score (nSPS) is 13.8. The van der Waals surface area contributed by atoms with E-state index in [9.17, 15) is 4.79 Å². The Morgan fingerprint density at radius 3 is 2.02 bits per heavy atom. The molecule has 1 amide bonds. The van der Waals surface area contributed by atoms with Crippen LogP contribution in [-0.2, 0) is 17.7 Å². The fraction of sp³-hybridized carbons (Fsp3) is 0.242. The van der Waals surface area contributed by atoms with Crippen LogP contribution >= 0.6 is 8.60 Å². The van der Waals surface area contributed by atoms with Crippen LogP contribution < -0.4 is 9.64 Å². The first kappa shape index (κ1) is 28.0. The smallest absolute Gasteiger partial charge is 0.327 e. The number of benzene rings is 4. The quantitative estimate of drug-likeness (QED) is 0.193. The third kappa shape index (κ3) is 7.56. The molecule has 206 valence electrons. The first-order chi connectivity index (χ1) is 19.5. The minimum Gasteiger partial charge on any atom is -0.457 e. The first-order valence-corrected chi connectivity index (χ1v) is 14.8. The van der Waals surface area contributed by atoms with E-state index >= 15 is 0 Å². The minimum absolute atomic E-state index is 0.0818. The monoisotopic (exact) mass is 555 g/mol. The van der Waals surface area contributed by atoms with E-state index in [2.05, 4.69) is 24.3 Å². The summed E-state index contributed by atoms with van der Waals surface area (Å²) < 4.78 is 10.8. The highest BCUT2D eigenvalue weighted by molar-refractivity contribution is 7.39. The highest BCUT2D eigenvalue weighted by Crippen LogP contribution is 2.33. The summed E-state index contributed by atoms with van der Waals surface area (Å²) in [6, 6.07) is 32.8. The summed E-state index contributed by atoms with van der Waals surface area (Å²) >= 11 is 0. The van der Waals surface area contributed by atoms with Gasteiger partial charge in [0.1, 0.15) is 11.5 Å². The van der Waals surface area contributed by atoms with Crippen molar-refractivity contribution in [2.24, 2.45) is 0 Å². The summed E-state index contributed by atoms with van der Waals surface area (Å²) in [6.07, 6.45) is 6.42. The number of para-hydroxylation sites is 1. The van der Waals surface area contributed by atoms with Gasteiger partial charge in [0.2, 0.25) is 0 Å². The molecule has 0 bridgehead atoms. The highest BCUT2D eigenvalue weighted by Gasteiger charge is 2.20. The van der Waals surface area contributed by atoms with Crippen molar-refractivity contribution in [2.45, 2.75) is 51.2 Å². The molecule has 0 spiro atoms. The van der Waals surface area contributed by atoms with Gasteiger partial charge < -0.3 is 23.9 Å². The summed E-state index contributed by atoms with van der Waals surface area (Å²) in [6.45, 7) is 0.499. The van der Waals surface area contributed by atoms with Crippen LogP contribution in [0, 0.1) is 0 Å². The number of anilines is 1. The van der Waals surface area contributed by atoms with E-state index in [1.54, 1.807) is 29.2 Å². The van der Waals surface area contributed by atoms with Gasteiger partial charge in [-0.2, -0.15) is 0 Å². The number of carbonyl (C=O) groups excluding carboxylic acids is 1. The van der Waals surface area contributed by atoms with E-state index in [0.717, 1.165) is 22.6 Å². The topological polar surface area (TPSA) is 79.2 Å². The molecule has 0 radical (unpaired) electrons. The molecule has 6 nitrogen and oxygen atoms in total. The van der Waals surface area contributed by atoms with E-state index in [1.165, 1.54) is 37.7 Å². The Hall–Kier alpha value is -3.54. The molecule has 0 aromatic heterocycles. The van der Waals surface area contributed by atoms with E-state index < -0.39 is 8.60 Å². The molecule has 4 aromatic rings. The Morgan fingerprint density at radius 2 is 1.38 bits per heavy atom. The van der Waals surface area contributed by atoms with Crippen LogP contribution in [0.15, 0.2) is 103 Å². The van der Waals surface area contributed by atoms with Crippen molar-refractivity contribution >= 4 is 20.2 Å². The predicted molar refractivity (Wildman–Crippen MR) is 158 cm³/mol. The summed E-state index contributed by atoms with van der Waals surface area (Å²) in [7, 11) is -2.42. The lowest BCUT2D eigenvalue weighted by atomic mass is 9.84. The van der Waals surface area contributed by atoms with Gasteiger partial charge in [0.05, 0.1) is 13.2 Å². The third-order valence-electron chi connectivity index (χ3n) is 7.32. The SMILES string of the molecule is O=C(c1ccc(Oc2ccccc2)cc1)N(Cc1ccc(C2CCCCC2)cc1)c1ccc(COP(O)O)cc1. The zero-order chi connectivity index (χ0) is 27.7. The second-order valence-electron chi connectivity index (χ2n) is 10.1. The molecule has 1 fully saturated rings. The van der Waals surface area contributed by atoms with Crippen molar-refractivity contribution in [3.8, 4) is 11.5 Å². The average Bonchev–Trinajstić information content (AvgIpc) is 3.00. The van der Waals surface area contributed by atoms with Crippen molar-refractivity contribution in [1.29, 1.82) is 0 Å². The molecular formula is C33H34NO5P. The molecule has 4 aromatic carbocycles. The number of amides is 1. The Labute approximate surface area is 236 Å². The summed E-state index contributed by atoms with van der Waals surface area (Å²) in [5, 5.41) is 0. The van der Waals surface area contributed by atoms with Gasteiger partial charge in [-0.15, -0.1) is 0 Å². The lowest BCUT2D eigenvalue weighted by Gasteiger charge is -2.25. The molecule has 2 N–H and O–H groups in total. The number of carbonyl (C=O) groups is 1. The summed E-state index contributed by atoms with van der Waals surface area (Å²) in [4.78, 5) is 33.7. The van der Waals surface area contributed by atoms with E-state index in [0.29, 0.717) is 23.8 Å². The van der Waals surface area contributed by atoms with Gasteiger partial charge in [-0.3, -0.25) is 4.79 Å². The van der Waals surface area contributed by atoms with Gasteiger partial charge >= 0.3 is 8.60 Å². The van der Waals surface area contributed by atoms with Crippen LogP contribution in [-0.4, -0.2) is 15.7 Å². The Bertz CT molecular complexity index is 1350. The number of hydrogen-bond donors (Lipinski definition) is 2. The van der Waals surface area contributed by atoms with Crippen LogP contribution in [0.25, 0.3) is 0 Å². The first-order valence-electron chi connectivity index (χ1n) is 13.7. The molecule has 0 saturated heterocycles. The van der Waals surface area contributed by atoms with Gasteiger partial charge in [0.15, 0.2) is 0 Å². The average molecular weight is 556 g/mol. The van der Waals surface area contributed by atoms with Crippen molar-refractivity contribution in [3.05, 3.63) is 125 Å². The zero-order valence-corrected chi connectivity index (χ0v) is 23.3. The molecule has 5 rings (SSSR count). The molecule has 0 unspecified atom stereocenters. The number of hydrogen-bond acceptors (Lipinski definition) is 5. The molecule has 1 aliphatic carbocycles. The van der Waals surface area contributed by atoms with Gasteiger partial charge in [0.25, 0.3) is 5.91 Å². The second-order valence-corrected chi connectivity index (χ2v) is 10.9. The lowest BCUT2D eigenvalue weighted by Crippen LogP contribution is -2.30. The zero-order valence-electron chi connectivity index (χ0n) is 22.4. The second kappa shape index (κ2) is 13.7. The van der Waals surface area contributed by atoms with Gasteiger partial charge in [0, 0.05) is 11.3 Å². The van der Waals surface area contributed by atoms with E-state index in [4.69, 9.17) is 19.0 Å². The van der Waals surface area contributed by atoms with Crippen LogP contribution in [0.2, 0.25) is 0 Å². The summed E-state index contributed by atoms with van der Waals surface area (Å²) in [5.74, 6) is 1.90. The standard InChI is InChI=1S/C33H34NO5P/c35-33(29-17-21-32(22-18-29)39-31-9-5-2-6-10-31)34(30-19-13-26(14-20-30)24-38-40(36)37)23-25-11-15-28(16-12-25)27-7-3-1-4-8-27/h2,5-6,9-22,27,36-37H,1,3-4,7-8,23-24H2. The fourth-order valence-corrected chi connectivity index (χ4v) is 5.41. The predicted octanol–water partition coefficient (Wildman–Crippen LogP) is 8.10. The van der Waals surface area contributed by atoms with Gasteiger partial charge in [-0.1, -0.05) is 73.9 Å². The molecule has 0 aliphatic heterocycles. The van der Waals surface area contributed by atoms with Crippen LogP contribution in [0.1, 0.15) is 65.1 Å². The third-order valence-corrected chi connectivity index (χ3v) is 7.68. The van der Waals surface area contributed by atoms with Crippen LogP contribution in [0.5, 0.6) is 11.5 Å². The Kier molecular flexibility index (Phi) is 9.58. The molecule has 1 saturated carbocycles. The Morgan fingerprint density at radius 1 is 0.750 bits per heavy atom. The van der Waals surface area contributed by atoms with E-state index in [-0.39, 0.29) is 12.5 Å². The molecule has 0 atom stereocenters. The van der Waals surface area contributed by atoms with Crippen molar-refractivity contribution in [2.75, 3.05) is 4.90 Å². The Balaban J connectivity index is 1.35. The number of nitrogens with zero attached hydrogens (tertiary/aromatic N) is 1. The van der Waals surface area contributed by atoms with Crippen LogP contribution in [0.4, 0.5) is 5.69 Å². The maximum absolute atomic E-state index is 13.8. The molecular weight excluding hydrogens is 521 g/mol. The van der Waals surface area contributed by atoms with E-state index in [1.807, 2.05) is 54.6 Å². The largest absolute Gasteiger partial charge is 0.457 e. The molecule has 40 heavy (non-hydrogen) atoms. The van der Waals surface area contributed by atoms with Crippen molar-refractivity contribution < 1.29 is 23.8 Å². The molecule has 0 heterocycles. The minimum atomic E-state index is -2.42. The maximum atomic E-state index is 13.8. The van der Waals surface area contributed by atoms with Crippen molar-refractivity contribution in [3.63, 3.8) is 0 Å². The number of ether oxygens (including phenoxy) is 1. The molecule has 7 heteroatoms. The maximum Gasteiger partial charge on any atom is 0.327 e.